The van der Waals surface area contributed by atoms with Crippen LogP contribution in [0.1, 0.15) is 12.5 Å². The normalized spacial score (nSPS) is 14.3. The van der Waals surface area contributed by atoms with Crippen molar-refractivity contribution >= 4 is 13.6 Å². The van der Waals surface area contributed by atoms with E-state index in [-0.39, 0.29) is 29.9 Å². The molecule has 23 heavy (non-hydrogen) atoms. The van der Waals surface area contributed by atoms with Gasteiger partial charge in [0.05, 0.1) is 6.54 Å². The van der Waals surface area contributed by atoms with E-state index in [1.54, 1.807) is 19.9 Å². The lowest BCUT2D eigenvalue weighted by Gasteiger charge is -2.35. The molecular formula is C14H22FNO6P+. The summed E-state index contributed by atoms with van der Waals surface area (Å²) in [6.45, 7) is 3.13. The number of hydrogen-bond donors (Lipinski definition) is 3. The highest BCUT2D eigenvalue weighted by Gasteiger charge is 2.36. The number of carboxylic acids is 1. The number of aryl methyl sites for hydroxylation is 1. The molecule has 130 valence electrons. The molecule has 0 bridgehead atoms. The maximum atomic E-state index is 13.7. The summed E-state index contributed by atoms with van der Waals surface area (Å²) in [5, 5.41) is 9.00. The predicted octanol–water partition coefficient (Wildman–Crippen LogP) is 1.57. The Hall–Kier alpha value is -1.47. The molecule has 0 amide bonds. The van der Waals surface area contributed by atoms with E-state index >= 15 is 0 Å². The van der Waals surface area contributed by atoms with Gasteiger partial charge in [-0.05, 0) is 31.5 Å². The lowest BCUT2D eigenvalue weighted by Crippen LogP contribution is -2.53. The molecule has 0 aliphatic rings. The number of carbonyl (C=O) groups is 1. The third-order valence-electron chi connectivity index (χ3n) is 3.54. The van der Waals surface area contributed by atoms with Crippen molar-refractivity contribution in [1.82, 2.24) is 0 Å². The van der Waals surface area contributed by atoms with Gasteiger partial charge in [-0.3, -0.25) is 4.57 Å². The second kappa shape index (κ2) is 7.88. The molecule has 1 unspecified atom stereocenters. The van der Waals surface area contributed by atoms with Crippen LogP contribution in [0.25, 0.3) is 0 Å². The molecule has 0 aromatic heterocycles. The van der Waals surface area contributed by atoms with Crippen LogP contribution in [0.4, 0.5) is 4.39 Å². The number of halogens is 1. The first-order valence-electron chi connectivity index (χ1n) is 7.07. The van der Waals surface area contributed by atoms with Crippen molar-refractivity contribution in [2.24, 2.45) is 0 Å². The summed E-state index contributed by atoms with van der Waals surface area (Å²) in [7, 11) is -4.41. The van der Waals surface area contributed by atoms with E-state index < -0.39 is 32.2 Å². The summed E-state index contributed by atoms with van der Waals surface area (Å²) in [6.07, 6.45) is -0.602. The predicted molar refractivity (Wildman–Crippen MR) is 81.7 cm³/mol. The lowest BCUT2D eigenvalue weighted by molar-refractivity contribution is -0.909. The van der Waals surface area contributed by atoms with Crippen LogP contribution in [0.15, 0.2) is 18.2 Å². The Labute approximate surface area is 134 Å². The van der Waals surface area contributed by atoms with Crippen molar-refractivity contribution in [1.29, 1.82) is 0 Å². The Morgan fingerprint density at radius 3 is 2.52 bits per heavy atom. The van der Waals surface area contributed by atoms with Crippen LogP contribution in [0.3, 0.4) is 0 Å². The molecule has 1 aromatic carbocycles. The summed E-state index contributed by atoms with van der Waals surface area (Å²) in [5.41, 5.74) is 0.737. The fourth-order valence-electron chi connectivity index (χ4n) is 2.32. The minimum Gasteiger partial charge on any atom is -0.485 e. The van der Waals surface area contributed by atoms with Crippen molar-refractivity contribution < 1.29 is 37.9 Å². The van der Waals surface area contributed by atoms with E-state index in [9.17, 15) is 23.5 Å². The molecule has 9 heteroatoms. The highest BCUT2D eigenvalue weighted by Crippen LogP contribution is 2.38. The van der Waals surface area contributed by atoms with Gasteiger partial charge in [-0.1, -0.05) is 6.07 Å². The summed E-state index contributed by atoms with van der Waals surface area (Å²) < 4.78 is 30.0. The number of carboxylic acid groups (broad SMARTS) is 1. The monoisotopic (exact) mass is 350 g/mol. The van der Waals surface area contributed by atoms with Crippen LogP contribution in [0.2, 0.25) is 0 Å². The highest BCUT2D eigenvalue weighted by molar-refractivity contribution is 7.51. The molecule has 0 aliphatic heterocycles. The molecular weight excluding hydrogens is 328 g/mol. The van der Waals surface area contributed by atoms with Gasteiger partial charge in [0.25, 0.3) is 0 Å². The first-order chi connectivity index (χ1) is 10.6. The van der Waals surface area contributed by atoms with Crippen LogP contribution in [0, 0.1) is 12.7 Å². The third kappa shape index (κ3) is 6.66. The first kappa shape index (κ1) is 19.6. The zero-order valence-electron chi connectivity index (χ0n) is 13.1. The zero-order chi connectivity index (χ0) is 17.7. The van der Waals surface area contributed by atoms with Crippen molar-refractivity contribution in [3.8, 4) is 5.75 Å². The van der Waals surface area contributed by atoms with E-state index in [1.165, 1.54) is 12.1 Å². The Balaban J connectivity index is 2.80. The Morgan fingerprint density at radius 2 is 2.04 bits per heavy atom. The first-order valence-corrected chi connectivity index (χ1v) is 8.87. The number of benzene rings is 1. The van der Waals surface area contributed by atoms with E-state index in [0.29, 0.717) is 0 Å². The van der Waals surface area contributed by atoms with E-state index in [4.69, 9.17) is 9.84 Å². The van der Waals surface area contributed by atoms with Crippen LogP contribution in [-0.4, -0.2) is 57.9 Å². The quantitative estimate of drug-likeness (QED) is 0.461. The molecule has 3 N–H and O–H groups in total. The van der Waals surface area contributed by atoms with Gasteiger partial charge in [-0.25, -0.2) is 9.18 Å². The molecule has 0 radical (unpaired) electrons. The van der Waals surface area contributed by atoms with Gasteiger partial charge < -0.3 is 24.1 Å². The molecule has 7 nitrogen and oxygen atoms in total. The lowest BCUT2D eigenvalue weighted by atomic mass is 10.2. The van der Waals surface area contributed by atoms with Crippen molar-refractivity contribution in [2.75, 3.05) is 32.5 Å². The molecule has 0 fully saturated rings. The standard InChI is InChI=1S/C14H21FNO6P/c1-3-16(9-14(17)18,10-23(19,20)21)6-7-22-13-5-4-11(2)8-12(13)15/h4-5,8H,3,6-7,9-10H2,1-2H3,(H2-,17,18,19,20,21)/p+1. The average Bonchev–Trinajstić information content (AvgIpc) is 2.38. The fraction of sp³-hybridized carbons (Fsp3) is 0.500. The van der Waals surface area contributed by atoms with Crippen LogP contribution in [-0.2, 0) is 9.36 Å². The minimum atomic E-state index is -4.41. The average molecular weight is 350 g/mol. The molecule has 0 aliphatic carbocycles. The molecule has 0 heterocycles. The van der Waals surface area contributed by atoms with Gasteiger partial charge >= 0.3 is 13.6 Å². The number of likely N-dealkylation sites (N-methyl/N-ethyl adjacent to an activating group) is 1. The van der Waals surface area contributed by atoms with Crippen molar-refractivity contribution in [3.05, 3.63) is 29.6 Å². The van der Waals surface area contributed by atoms with Crippen molar-refractivity contribution in [2.45, 2.75) is 13.8 Å². The van der Waals surface area contributed by atoms with Gasteiger partial charge in [0, 0.05) is 0 Å². The number of ether oxygens (including phenoxy) is 1. The number of hydrogen-bond acceptors (Lipinski definition) is 3. The molecule has 1 rings (SSSR count). The van der Waals surface area contributed by atoms with Gasteiger partial charge in [0.2, 0.25) is 0 Å². The maximum Gasteiger partial charge on any atom is 0.379 e. The maximum absolute atomic E-state index is 13.7. The van der Waals surface area contributed by atoms with E-state index in [0.717, 1.165) is 5.56 Å². The summed E-state index contributed by atoms with van der Waals surface area (Å²) in [6, 6.07) is 4.45. The number of nitrogens with zero attached hydrogens (tertiary/aromatic N) is 1. The molecule has 0 saturated carbocycles. The minimum absolute atomic E-state index is 0.0244. The summed E-state index contributed by atoms with van der Waals surface area (Å²) >= 11 is 0. The van der Waals surface area contributed by atoms with Gasteiger partial charge in [0.15, 0.2) is 24.4 Å². The summed E-state index contributed by atoms with van der Waals surface area (Å²) in [5.74, 6) is -1.68. The number of aliphatic carboxylic acids is 1. The molecule has 0 saturated heterocycles. The third-order valence-corrected chi connectivity index (χ3v) is 4.50. The second-order valence-corrected chi connectivity index (χ2v) is 7.13. The number of quaternary nitrogens is 1. The van der Waals surface area contributed by atoms with Crippen LogP contribution in [0.5, 0.6) is 5.75 Å². The Kier molecular flexibility index (Phi) is 6.70. The molecule has 1 aromatic rings. The molecule has 0 spiro atoms. The highest BCUT2D eigenvalue weighted by atomic mass is 31.2. The zero-order valence-corrected chi connectivity index (χ0v) is 14.0. The largest absolute Gasteiger partial charge is 0.485 e. The molecule has 1 atom stereocenters. The van der Waals surface area contributed by atoms with Crippen LogP contribution < -0.4 is 4.74 Å². The van der Waals surface area contributed by atoms with Gasteiger partial charge in [-0.2, -0.15) is 0 Å². The van der Waals surface area contributed by atoms with Crippen LogP contribution >= 0.6 is 7.60 Å². The fourth-order valence-corrected chi connectivity index (χ4v) is 3.54. The Bertz CT molecular complexity index is 605. The summed E-state index contributed by atoms with van der Waals surface area (Å²) in [4.78, 5) is 29.4. The second-order valence-electron chi connectivity index (χ2n) is 5.52. The SMILES string of the molecule is CC[N+](CCOc1ccc(C)cc1F)(CC(=O)O)CP(=O)(O)O. The van der Waals surface area contributed by atoms with Gasteiger partial charge in [-0.15, -0.1) is 0 Å². The topological polar surface area (TPSA) is 104 Å². The van der Waals surface area contributed by atoms with Gasteiger partial charge in [0.1, 0.15) is 13.2 Å². The number of rotatable bonds is 9. The van der Waals surface area contributed by atoms with E-state index in [1.807, 2.05) is 0 Å². The van der Waals surface area contributed by atoms with Crippen molar-refractivity contribution in [3.63, 3.8) is 0 Å². The Morgan fingerprint density at radius 1 is 1.39 bits per heavy atom. The van der Waals surface area contributed by atoms with E-state index in [2.05, 4.69) is 0 Å². The smallest absolute Gasteiger partial charge is 0.379 e.